The molecule has 0 bridgehead atoms. The third-order valence-electron chi connectivity index (χ3n) is 7.11. The first-order chi connectivity index (χ1) is 18.3. The van der Waals surface area contributed by atoms with Crippen LogP contribution in [0.3, 0.4) is 0 Å². The van der Waals surface area contributed by atoms with Crippen LogP contribution >= 0.6 is 0 Å². The van der Waals surface area contributed by atoms with E-state index in [0.29, 0.717) is 29.0 Å². The maximum absolute atomic E-state index is 13.8. The number of alkyl halides is 2. The smallest absolute Gasteiger partial charge is 0.320 e. The Bertz CT molecular complexity index is 1470. The molecule has 0 aliphatic carbocycles. The maximum atomic E-state index is 13.8. The van der Waals surface area contributed by atoms with Gasteiger partial charge in [-0.1, -0.05) is 17.9 Å². The van der Waals surface area contributed by atoms with Crippen molar-refractivity contribution in [3.8, 4) is 17.0 Å². The van der Waals surface area contributed by atoms with Crippen molar-refractivity contribution in [3.63, 3.8) is 0 Å². The number of hydrogen-bond donors (Lipinski definition) is 0. The first-order valence-electron chi connectivity index (χ1n) is 12.5. The molecule has 1 aliphatic rings. The van der Waals surface area contributed by atoms with Crippen LogP contribution in [0.4, 0.5) is 8.78 Å². The third kappa shape index (κ3) is 4.64. The number of likely N-dealkylation sites (tertiary alicyclic amines) is 1. The molecule has 4 heterocycles. The lowest BCUT2D eigenvalue weighted by molar-refractivity contribution is -0.129. The van der Waals surface area contributed by atoms with Crippen molar-refractivity contribution >= 4 is 16.9 Å². The fraction of sp³-hybridized carbons (Fsp3) is 0.370. The van der Waals surface area contributed by atoms with Gasteiger partial charge < -0.3 is 9.64 Å². The van der Waals surface area contributed by atoms with Crippen LogP contribution in [0.2, 0.25) is 0 Å². The summed E-state index contributed by atoms with van der Waals surface area (Å²) < 4.78 is 36.5. The Morgan fingerprint density at radius 2 is 2.08 bits per heavy atom. The molecular formula is C27H29F2N7O2. The van der Waals surface area contributed by atoms with Crippen LogP contribution in [-0.4, -0.2) is 52.9 Å². The molecule has 9 nitrogen and oxygen atoms in total. The molecule has 1 aromatic carbocycles. The van der Waals surface area contributed by atoms with Gasteiger partial charge in [-0.25, -0.2) is 9.67 Å². The van der Waals surface area contributed by atoms with Crippen molar-refractivity contribution in [2.75, 3.05) is 6.54 Å². The largest absolute Gasteiger partial charge is 0.482 e. The van der Waals surface area contributed by atoms with Gasteiger partial charge in [0, 0.05) is 24.3 Å². The molecule has 3 aromatic heterocycles. The highest BCUT2D eigenvalue weighted by Crippen LogP contribution is 2.37. The quantitative estimate of drug-likeness (QED) is 0.308. The predicted octanol–water partition coefficient (Wildman–Crippen LogP) is 5.27. The summed E-state index contributed by atoms with van der Waals surface area (Å²) in [4.78, 5) is 22.5. The number of nitrogens with zero attached hydrogens (tertiary/aromatic N) is 7. The minimum atomic E-state index is -2.78. The number of fused-ring (bicyclic) bond motifs is 1. The minimum Gasteiger partial charge on any atom is -0.482 e. The summed E-state index contributed by atoms with van der Waals surface area (Å²) in [7, 11) is 0. The SMILES string of the molecule is C=CC(=O)N1CC[C@@H](n2nnc(-c3cc(O[C@H](C)c4ccccn4)c4c(c3)ncn4C(F)F)c2C)C[C@H]1C. The Kier molecular flexibility index (Phi) is 6.92. The van der Waals surface area contributed by atoms with Gasteiger partial charge in [0.15, 0.2) is 0 Å². The molecule has 3 atom stereocenters. The number of aromatic nitrogens is 6. The van der Waals surface area contributed by atoms with Crippen LogP contribution in [0.1, 0.15) is 56.8 Å². The predicted molar refractivity (Wildman–Crippen MR) is 138 cm³/mol. The van der Waals surface area contributed by atoms with Crippen LogP contribution in [0.25, 0.3) is 22.3 Å². The first-order valence-corrected chi connectivity index (χ1v) is 12.5. The van der Waals surface area contributed by atoms with E-state index in [2.05, 4.69) is 26.9 Å². The summed E-state index contributed by atoms with van der Waals surface area (Å²) in [6.07, 6.45) is 5.09. The second-order valence-electron chi connectivity index (χ2n) is 9.52. The Labute approximate surface area is 218 Å². The zero-order valence-electron chi connectivity index (χ0n) is 21.5. The van der Waals surface area contributed by atoms with Gasteiger partial charge in [-0.3, -0.25) is 14.3 Å². The van der Waals surface area contributed by atoms with Crippen molar-refractivity contribution < 1.29 is 18.3 Å². The molecule has 11 heteroatoms. The maximum Gasteiger partial charge on any atom is 0.320 e. The molecule has 4 aromatic rings. The third-order valence-corrected chi connectivity index (χ3v) is 7.11. The Hall–Kier alpha value is -4.15. The first kappa shape index (κ1) is 25.5. The number of ether oxygens (including phenoxy) is 1. The van der Waals surface area contributed by atoms with Gasteiger partial charge in [0.25, 0.3) is 0 Å². The van der Waals surface area contributed by atoms with Crippen molar-refractivity contribution in [1.29, 1.82) is 0 Å². The van der Waals surface area contributed by atoms with E-state index in [0.717, 1.165) is 29.4 Å². The van der Waals surface area contributed by atoms with Gasteiger partial charge in [0.05, 0.1) is 22.9 Å². The number of carbonyl (C=O) groups is 1. The molecule has 1 aliphatic heterocycles. The van der Waals surface area contributed by atoms with Crippen LogP contribution in [0, 0.1) is 6.92 Å². The molecule has 0 N–H and O–H groups in total. The number of amides is 1. The molecule has 0 spiro atoms. The summed E-state index contributed by atoms with van der Waals surface area (Å²) in [6, 6.07) is 9.00. The average Bonchev–Trinajstić information content (AvgIpc) is 3.52. The van der Waals surface area contributed by atoms with Gasteiger partial charge in [-0.15, -0.1) is 5.10 Å². The van der Waals surface area contributed by atoms with E-state index in [4.69, 9.17) is 4.74 Å². The standard InChI is InChI=1S/C27H29F2N7O2/c1-5-24(37)34-11-9-20(12-16(34)2)36-17(3)25(32-33-36)19-13-22-26(35(15-31-22)27(28)29)23(14-19)38-18(4)21-8-6-7-10-30-21/h5-8,10,13-16,18,20,27H,1,9,11-12H2,2-4H3/t16-,18-,20-/m1/s1. The van der Waals surface area contributed by atoms with E-state index in [-0.39, 0.29) is 29.3 Å². The Morgan fingerprint density at radius 1 is 1.26 bits per heavy atom. The van der Waals surface area contributed by atoms with E-state index in [9.17, 15) is 13.6 Å². The number of piperidine rings is 1. The Balaban J connectivity index is 1.50. The number of pyridine rings is 1. The number of halogens is 2. The highest BCUT2D eigenvalue weighted by Gasteiger charge is 2.31. The molecule has 198 valence electrons. The van der Waals surface area contributed by atoms with Crippen molar-refractivity contribution in [2.45, 2.75) is 58.3 Å². The minimum absolute atomic E-state index is 0.0362. The van der Waals surface area contributed by atoms with E-state index in [1.165, 1.54) is 6.08 Å². The summed E-state index contributed by atoms with van der Waals surface area (Å²) >= 11 is 0. The zero-order valence-corrected chi connectivity index (χ0v) is 21.5. The van der Waals surface area contributed by atoms with Crippen LogP contribution in [0.5, 0.6) is 5.75 Å². The zero-order chi connectivity index (χ0) is 27.0. The molecule has 1 amide bonds. The summed E-state index contributed by atoms with van der Waals surface area (Å²) in [5.74, 6) is 0.184. The molecule has 0 radical (unpaired) electrons. The molecule has 0 saturated carbocycles. The molecule has 1 fully saturated rings. The topological polar surface area (TPSA) is 91.0 Å². The fourth-order valence-electron chi connectivity index (χ4n) is 5.14. The van der Waals surface area contributed by atoms with E-state index in [1.807, 2.05) is 42.5 Å². The highest BCUT2D eigenvalue weighted by atomic mass is 19.3. The fourth-order valence-corrected chi connectivity index (χ4v) is 5.14. The van der Waals surface area contributed by atoms with Gasteiger partial charge in [0.2, 0.25) is 5.91 Å². The highest BCUT2D eigenvalue weighted by molar-refractivity contribution is 5.88. The average molecular weight is 522 g/mol. The van der Waals surface area contributed by atoms with E-state index in [1.54, 1.807) is 24.4 Å². The van der Waals surface area contributed by atoms with Crippen LogP contribution in [0.15, 0.2) is 55.5 Å². The van der Waals surface area contributed by atoms with Gasteiger partial charge in [-0.2, -0.15) is 8.78 Å². The second kappa shape index (κ2) is 10.3. The van der Waals surface area contributed by atoms with Gasteiger partial charge >= 0.3 is 6.55 Å². The number of carbonyl (C=O) groups excluding carboxylic acids is 1. The summed E-state index contributed by atoms with van der Waals surface area (Å²) in [6.45, 7) is 7.18. The normalized spacial score (nSPS) is 18.6. The monoisotopic (exact) mass is 521 g/mol. The number of benzene rings is 1. The molecule has 5 rings (SSSR count). The second-order valence-corrected chi connectivity index (χ2v) is 9.52. The van der Waals surface area contributed by atoms with Gasteiger partial charge in [0.1, 0.15) is 29.4 Å². The lowest BCUT2D eigenvalue weighted by Gasteiger charge is -2.37. The van der Waals surface area contributed by atoms with Gasteiger partial charge in [-0.05, 0) is 64.0 Å². The number of hydrogen-bond acceptors (Lipinski definition) is 6. The number of imidazole rings is 1. The molecular weight excluding hydrogens is 492 g/mol. The summed E-state index contributed by atoms with van der Waals surface area (Å²) in [5.41, 5.74) is 3.35. The van der Waals surface area contributed by atoms with E-state index < -0.39 is 12.7 Å². The van der Waals surface area contributed by atoms with Crippen molar-refractivity contribution in [2.24, 2.45) is 0 Å². The number of rotatable bonds is 7. The van der Waals surface area contributed by atoms with Crippen LogP contribution < -0.4 is 4.74 Å². The van der Waals surface area contributed by atoms with Crippen molar-refractivity contribution in [3.05, 3.63) is 66.9 Å². The van der Waals surface area contributed by atoms with Crippen molar-refractivity contribution in [1.82, 2.24) is 34.4 Å². The molecule has 0 unspecified atom stereocenters. The van der Waals surface area contributed by atoms with Crippen LogP contribution in [-0.2, 0) is 4.79 Å². The Morgan fingerprint density at radius 3 is 2.76 bits per heavy atom. The lowest BCUT2D eigenvalue weighted by atomic mass is 9.97. The summed E-state index contributed by atoms with van der Waals surface area (Å²) in [5, 5.41) is 8.89. The van der Waals surface area contributed by atoms with E-state index >= 15 is 0 Å². The molecule has 1 saturated heterocycles. The lowest BCUT2D eigenvalue weighted by Crippen LogP contribution is -2.44. The molecule has 38 heavy (non-hydrogen) atoms.